The Balaban J connectivity index is 2.12. The molecule has 2 aromatic carbocycles. The van der Waals surface area contributed by atoms with Crippen LogP contribution in [0.4, 0.5) is 0 Å². The molecule has 4 nitrogen and oxygen atoms in total. The molecule has 0 unspecified atom stereocenters. The zero-order valence-corrected chi connectivity index (χ0v) is 14.8. The Morgan fingerprint density at radius 2 is 1.58 bits per heavy atom. The van der Waals surface area contributed by atoms with Gasteiger partial charge in [-0.05, 0) is 35.0 Å². The third-order valence-electron chi connectivity index (χ3n) is 3.90. The van der Waals surface area contributed by atoms with E-state index in [4.69, 9.17) is 9.47 Å². The number of nitrogens with zero attached hydrogens (tertiary/aromatic N) is 2. The van der Waals surface area contributed by atoms with Gasteiger partial charge in [-0.1, -0.05) is 0 Å². The molecule has 0 aliphatic carbocycles. The average molecular weight is 354 g/mol. The van der Waals surface area contributed by atoms with Crippen LogP contribution in [-0.4, -0.2) is 24.2 Å². The van der Waals surface area contributed by atoms with Crippen LogP contribution in [0.5, 0.6) is 11.5 Å². The van der Waals surface area contributed by atoms with E-state index in [0.717, 1.165) is 43.2 Å². The first kappa shape index (κ1) is 15.1. The molecule has 0 amide bonds. The molecule has 120 valence electrons. The molecule has 4 rings (SSSR count). The smallest absolute Gasteiger partial charge is 0.128 e. The highest BCUT2D eigenvalue weighted by molar-refractivity contribution is 7.13. The predicted molar refractivity (Wildman–Crippen MR) is 99.3 cm³/mol. The number of fused-ring (bicyclic) bond motifs is 1. The Morgan fingerprint density at radius 1 is 0.833 bits per heavy atom. The Hall–Kier alpha value is -2.44. The fraction of sp³-hybridized carbons (Fsp3) is 0.111. The second-order valence-corrected chi connectivity index (χ2v) is 6.92. The molecule has 0 fully saturated rings. The SMILES string of the molecule is COc1ccc2c(-c3cncs3)c(OC)cc(-c3cncs3)c2c1. The van der Waals surface area contributed by atoms with Crippen LogP contribution in [0.1, 0.15) is 0 Å². The average Bonchev–Trinajstić information content (AvgIpc) is 3.33. The molecule has 6 heteroatoms. The number of methoxy groups -OCH3 is 2. The van der Waals surface area contributed by atoms with Crippen molar-refractivity contribution in [1.82, 2.24) is 9.97 Å². The number of hydrogen-bond donors (Lipinski definition) is 0. The van der Waals surface area contributed by atoms with Crippen molar-refractivity contribution in [3.63, 3.8) is 0 Å². The van der Waals surface area contributed by atoms with Gasteiger partial charge in [-0.2, -0.15) is 0 Å². The highest BCUT2D eigenvalue weighted by Gasteiger charge is 2.18. The lowest BCUT2D eigenvalue weighted by atomic mass is 9.96. The first-order valence-corrected chi connectivity index (χ1v) is 9.04. The molecular weight excluding hydrogens is 340 g/mol. The molecule has 0 saturated heterocycles. The topological polar surface area (TPSA) is 44.2 Å². The van der Waals surface area contributed by atoms with Gasteiger partial charge in [0.1, 0.15) is 11.5 Å². The second kappa shape index (κ2) is 6.22. The van der Waals surface area contributed by atoms with Crippen LogP contribution < -0.4 is 9.47 Å². The van der Waals surface area contributed by atoms with Gasteiger partial charge >= 0.3 is 0 Å². The van der Waals surface area contributed by atoms with Crippen LogP contribution in [0.15, 0.2) is 47.7 Å². The number of hydrogen-bond acceptors (Lipinski definition) is 6. The van der Waals surface area contributed by atoms with Crippen LogP contribution in [0.2, 0.25) is 0 Å². The molecule has 0 spiro atoms. The van der Waals surface area contributed by atoms with E-state index in [1.807, 2.05) is 29.5 Å². The van der Waals surface area contributed by atoms with E-state index in [-0.39, 0.29) is 0 Å². The fourth-order valence-corrected chi connectivity index (χ4v) is 4.15. The summed E-state index contributed by atoms with van der Waals surface area (Å²) < 4.78 is 11.1. The van der Waals surface area contributed by atoms with Gasteiger partial charge in [0.2, 0.25) is 0 Å². The molecule has 0 aliphatic heterocycles. The van der Waals surface area contributed by atoms with E-state index < -0.39 is 0 Å². The van der Waals surface area contributed by atoms with Crippen molar-refractivity contribution in [3.05, 3.63) is 47.7 Å². The number of ether oxygens (including phenoxy) is 2. The summed E-state index contributed by atoms with van der Waals surface area (Å²) in [5, 5.41) is 2.23. The Kier molecular flexibility index (Phi) is 3.92. The Morgan fingerprint density at radius 3 is 2.21 bits per heavy atom. The number of benzene rings is 2. The second-order valence-electron chi connectivity index (χ2n) is 5.14. The maximum atomic E-state index is 5.70. The number of thiazole rings is 2. The molecule has 0 aliphatic rings. The summed E-state index contributed by atoms with van der Waals surface area (Å²) in [6, 6.07) is 8.19. The molecule has 0 N–H and O–H groups in total. The van der Waals surface area contributed by atoms with Gasteiger partial charge in [-0.15, -0.1) is 22.7 Å². The van der Waals surface area contributed by atoms with Crippen LogP contribution in [0.25, 0.3) is 31.7 Å². The van der Waals surface area contributed by atoms with Gasteiger partial charge in [0.05, 0.1) is 35.0 Å². The third kappa shape index (κ3) is 2.44. The van der Waals surface area contributed by atoms with E-state index in [9.17, 15) is 0 Å². The van der Waals surface area contributed by atoms with E-state index in [2.05, 4.69) is 28.2 Å². The van der Waals surface area contributed by atoms with E-state index >= 15 is 0 Å². The normalized spacial score (nSPS) is 10.9. The van der Waals surface area contributed by atoms with Crippen LogP contribution in [0.3, 0.4) is 0 Å². The lowest BCUT2D eigenvalue weighted by molar-refractivity contribution is 0.415. The Labute approximate surface area is 147 Å². The zero-order valence-electron chi connectivity index (χ0n) is 13.1. The van der Waals surface area contributed by atoms with Gasteiger partial charge in [0.15, 0.2) is 0 Å². The standard InChI is InChI=1S/C18H14N2O2S2/c1-21-11-3-4-12-13(5-11)14(16-7-19-9-23-16)6-15(22-2)18(12)17-8-20-10-24-17/h3-10H,1-2H3. The minimum absolute atomic E-state index is 0.827. The monoisotopic (exact) mass is 354 g/mol. The van der Waals surface area contributed by atoms with E-state index in [1.54, 1.807) is 36.9 Å². The summed E-state index contributed by atoms with van der Waals surface area (Å²) in [4.78, 5) is 10.6. The van der Waals surface area contributed by atoms with Crippen LogP contribution in [0, 0.1) is 0 Å². The van der Waals surface area contributed by atoms with E-state index in [1.165, 1.54) is 0 Å². The molecule has 2 heterocycles. The van der Waals surface area contributed by atoms with Gasteiger partial charge in [-0.25, -0.2) is 0 Å². The van der Waals surface area contributed by atoms with E-state index in [0.29, 0.717) is 0 Å². The first-order valence-electron chi connectivity index (χ1n) is 7.28. The lowest BCUT2D eigenvalue weighted by Gasteiger charge is -2.15. The quantitative estimate of drug-likeness (QED) is 0.511. The van der Waals surface area contributed by atoms with Gasteiger partial charge in [0, 0.05) is 23.5 Å². The molecular formula is C18H14N2O2S2. The van der Waals surface area contributed by atoms with Crippen LogP contribution in [-0.2, 0) is 0 Å². The van der Waals surface area contributed by atoms with Crippen LogP contribution >= 0.6 is 22.7 Å². The summed E-state index contributed by atoms with van der Waals surface area (Å²) in [6.45, 7) is 0. The molecule has 2 aromatic heterocycles. The molecule has 24 heavy (non-hydrogen) atoms. The molecule has 0 bridgehead atoms. The highest BCUT2D eigenvalue weighted by atomic mass is 32.1. The van der Waals surface area contributed by atoms with Gasteiger partial charge < -0.3 is 9.47 Å². The molecule has 4 aromatic rings. The maximum absolute atomic E-state index is 5.70. The summed E-state index contributed by atoms with van der Waals surface area (Å²) in [5.74, 6) is 1.66. The molecule has 0 saturated carbocycles. The minimum atomic E-state index is 0.827. The van der Waals surface area contributed by atoms with Crippen molar-refractivity contribution in [1.29, 1.82) is 0 Å². The largest absolute Gasteiger partial charge is 0.497 e. The Bertz CT molecular complexity index is 980. The summed E-state index contributed by atoms with van der Waals surface area (Å²) in [7, 11) is 3.38. The summed E-state index contributed by atoms with van der Waals surface area (Å²) in [6.07, 6.45) is 3.75. The van der Waals surface area contributed by atoms with Crippen molar-refractivity contribution in [2.45, 2.75) is 0 Å². The zero-order chi connectivity index (χ0) is 16.5. The van der Waals surface area contributed by atoms with Crippen molar-refractivity contribution >= 4 is 33.4 Å². The van der Waals surface area contributed by atoms with Crippen molar-refractivity contribution in [2.24, 2.45) is 0 Å². The number of aromatic nitrogens is 2. The molecule has 0 atom stereocenters. The van der Waals surface area contributed by atoms with Crippen molar-refractivity contribution < 1.29 is 9.47 Å². The van der Waals surface area contributed by atoms with Gasteiger partial charge in [0.25, 0.3) is 0 Å². The fourth-order valence-electron chi connectivity index (χ4n) is 2.81. The van der Waals surface area contributed by atoms with Crippen molar-refractivity contribution in [3.8, 4) is 32.4 Å². The third-order valence-corrected chi connectivity index (χ3v) is 5.50. The van der Waals surface area contributed by atoms with Gasteiger partial charge in [-0.3, -0.25) is 9.97 Å². The number of rotatable bonds is 4. The molecule has 0 radical (unpaired) electrons. The minimum Gasteiger partial charge on any atom is -0.497 e. The summed E-state index contributed by atoms with van der Waals surface area (Å²) in [5.41, 5.74) is 5.83. The van der Waals surface area contributed by atoms with Crippen molar-refractivity contribution in [2.75, 3.05) is 14.2 Å². The first-order chi connectivity index (χ1) is 11.8. The maximum Gasteiger partial charge on any atom is 0.128 e. The summed E-state index contributed by atoms with van der Waals surface area (Å²) >= 11 is 3.21. The lowest BCUT2D eigenvalue weighted by Crippen LogP contribution is -1.92. The highest BCUT2D eigenvalue weighted by Crippen LogP contribution is 2.45. The predicted octanol–water partition coefficient (Wildman–Crippen LogP) is 5.10.